The Balaban J connectivity index is 1.42. The molecule has 2 saturated carbocycles. The largest absolute Gasteiger partial charge is 0.489 e. The molecule has 0 bridgehead atoms. The Labute approximate surface area is 143 Å². The third-order valence-corrected chi connectivity index (χ3v) is 5.67. The molecule has 1 spiro atoms. The molecule has 1 aromatic carbocycles. The van der Waals surface area contributed by atoms with Gasteiger partial charge in [0.15, 0.2) is 11.5 Å². The number of rotatable bonds is 2. The number of carbonyl (C=O) groups excluding carboxylic acids is 1. The Morgan fingerprint density at radius 2 is 1.62 bits per heavy atom. The maximum atomic E-state index is 12.6. The predicted molar refractivity (Wildman–Crippen MR) is 92.7 cm³/mol. The number of ether oxygens (including phenoxy) is 2. The number of benzene rings is 1. The summed E-state index contributed by atoms with van der Waals surface area (Å²) in [5.74, 6) is 1.49. The van der Waals surface area contributed by atoms with E-state index in [4.69, 9.17) is 9.47 Å². The topological polar surface area (TPSA) is 47.6 Å². The number of hydrogen-bond donors (Lipinski definition) is 1. The molecule has 1 aliphatic heterocycles. The standard InChI is InChI=1S/C20H27NO3/c22-19(21-16-6-4-2-1-3-5-7-16)15-8-9-17-18(12-15)24-14-20(10-11-20)13-23-17/h8-9,12,16H,1-7,10-11,13-14H2,(H,21,22). The molecule has 1 amide bonds. The number of fused-ring (bicyclic) bond motifs is 1. The minimum Gasteiger partial charge on any atom is -0.489 e. The zero-order chi connectivity index (χ0) is 16.4. The van der Waals surface area contributed by atoms with Crippen LogP contribution in [0.5, 0.6) is 11.5 Å². The Bertz CT molecular complexity index is 601. The second-order valence-electron chi connectivity index (χ2n) is 7.75. The van der Waals surface area contributed by atoms with Gasteiger partial charge in [-0.15, -0.1) is 0 Å². The van der Waals surface area contributed by atoms with Crippen LogP contribution in [0.15, 0.2) is 18.2 Å². The van der Waals surface area contributed by atoms with Crippen molar-refractivity contribution in [1.82, 2.24) is 5.32 Å². The van der Waals surface area contributed by atoms with Gasteiger partial charge in [0.1, 0.15) is 0 Å². The SMILES string of the molecule is O=C(NC1CCCCCCC1)c1ccc2c(c1)OCC1(CC1)CO2. The van der Waals surface area contributed by atoms with Crippen LogP contribution in [0.2, 0.25) is 0 Å². The lowest BCUT2D eigenvalue weighted by molar-refractivity contribution is 0.0930. The van der Waals surface area contributed by atoms with Gasteiger partial charge in [-0.25, -0.2) is 0 Å². The lowest BCUT2D eigenvalue weighted by Crippen LogP contribution is -2.35. The molecule has 1 heterocycles. The molecule has 3 aliphatic rings. The van der Waals surface area contributed by atoms with Crippen molar-refractivity contribution in [3.63, 3.8) is 0 Å². The van der Waals surface area contributed by atoms with E-state index in [1.165, 1.54) is 44.9 Å². The number of hydrogen-bond acceptors (Lipinski definition) is 3. The van der Waals surface area contributed by atoms with Gasteiger partial charge in [-0.1, -0.05) is 32.1 Å². The molecule has 0 aromatic heterocycles. The van der Waals surface area contributed by atoms with Crippen molar-refractivity contribution in [1.29, 1.82) is 0 Å². The Hall–Kier alpha value is -1.71. The highest BCUT2D eigenvalue weighted by molar-refractivity contribution is 5.95. The van der Waals surface area contributed by atoms with Gasteiger partial charge in [0, 0.05) is 17.0 Å². The summed E-state index contributed by atoms with van der Waals surface area (Å²) >= 11 is 0. The van der Waals surface area contributed by atoms with Gasteiger partial charge in [-0.05, 0) is 43.9 Å². The molecule has 24 heavy (non-hydrogen) atoms. The molecule has 2 fully saturated rings. The van der Waals surface area contributed by atoms with Gasteiger partial charge in [0.2, 0.25) is 0 Å². The highest BCUT2D eigenvalue weighted by Crippen LogP contribution is 2.49. The van der Waals surface area contributed by atoms with E-state index in [1.807, 2.05) is 18.2 Å². The van der Waals surface area contributed by atoms with E-state index in [9.17, 15) is 4.79 Å². The zero-order valence-electron chi connectivity index (χ0n) is 14.3. The zero-order valence-corrected chi connectivity index (χ0v) is 14.3. The van der Waals surface area contributed by atoms with Crippen molar-refractivity contribution >= 4 is 5.91 Å². The summed E-state index contributed by atoms with van der Waals surface area (Å²) in [6.07, 6.45) is 10.9. The second-order valence-corrected chi connectivity index (χ2v) is 7.75. The van der Waals surface area contributed by atoms with Crippen molar-refractivity contribution < 1.29 is 14.3 Å². The van der Waals surface area contributed by atoms with Gasteiger partial charge in [0.05, 0.1) is 13.2 Å². The fourth-order valence-corrected chi connectivity index (χ4v) is 3.72. The van der Waals surface area contributed by atoms with Gasteiger partial charge in [0.25, 0.3) is 5.91 Å². The maximum absolute atomic E-state index is 12.6. The lowest BCUT2D eigenvalue weighted by Gasteiger charge is -2.21. The first-order valence-electron chi connectivity index (χ1n) is 9.45. The maximum Gasteiger partial charge on any atom is 0.251 e. The molecular formula is C20H27NO3. The summed E-state index contributed by atoms with van der Waals surface area (Å²) in [7, 11) is 0. The number of nitrogens with one attached hydrogen (secondary N) is 1. The third kappa shape index (κ3) is 3.52. The van der Waals surface area contributed by atoms with Crippen molar-refractivity contribution in [2.24, 2.45) is 5.41 Å². The van der Waals surface area contributed by atoms with Crippen LogP contribution in [0.4, 0.5) is 0 Å². The van der Waals surface area contributed by atoms with E-state index < -0.39 is 0 Å². The molecule has 0 saturated heterocycles. The smallest absolute Gasteiger partial charge is 0.251 e. The molecule has 0 atom stereocenters. The van der Waals surface area contributed by atoms with Crippen molar-refractivity contribution in [3.05, 3.63) is 23.8 Å². The second kappa shape index (κ2) is 6.66. The monoisotopic (exact) mass is 329 g/mol. The van der Waals surface area contributed by atoms with E-state index in [1.54, 1.807) is 0 Å². The van der Waals surface area contributed by atoms with Gasteiger partial charge < -0.3 is 14.8 Å². The van der Waals surface area contributed by atoms with E-state index in [0.29, 0.717) is 24.0 Å². The third-order valence-electron chi connectivity index (χ3n) is 5.67. The summed E-state index contributed by atoms with van der Waals surface area (Å²) < 4.78 is 11.8. The van der Waals surface area contributed by atoms with Crippen molar-refractivity contribution in [3.8, 4) is 11.5 Å². The predicted octanol–water partition coefficient (Wildman–Crippen LogP) is 4.08. The first-order valence-corrected chi connectivity index (χ1v) is 9.45. The molecule has 1 N–H and O–H groups in total. The van der Waals surface area contributed by atoms with Crippen LogP contribution in [-0.4, -0.2) is 25.2 Å². The Morgan fingerprint density at radius 1 is 0.958 bits per heavy atom. The van der Waals surface area contributed by atoms with Crippen LogP contribution < -0.4 is 14.8 Å². The summed E-state index contributed by atoms with van der Waals surface area (Å²) in [4.78, 5) is 12.6. The molecule has 0 unspecified atom stereocenters. The lowest BCUT2D eigenvalue weighted by atomic mass is 9.96. The minimum atomic E-state index is 0.0114. The number of carbonyl (C=O) groups is 1. The summed E-state index contributed by atoms with van der Waals surface area (Å²) in [5, 5.41) is 3.22. The molecule has 4 rings (SSSR count). The fourth-order valence-electron chi connectivity index (χ4n) is 3.72. The van der Waals surface area contributed by atoms with E-state index in [0.717, 1.165) is 25.2 Å². The first kappa shape index (κ1) is 15.8. The van der Waals surface area contributed by atoms with E-state index in [-0.39, 0.29) is 11.3 Å². The molecule has 2 aliphatic carbocycles. The van der Waals surface area contributed by atoms with E-state index in [2.05, 4.69) is 5.32 Å². The Kier molecular flexibility index (Phi) is 4.38. The average Bonchev–Trinajstić information content (AvgIpc) is 3.36. The van der Waals surface area contributed by atoms with Crippen LogP contribution in [0.25, 0.3) is 0 Å². The van der Waals surface area contributed by atoms with Crippen molar-refractivity contribution in [2.75, 3.05) is 13.2 Å². The average molecular weight is 329 g/mol. The van der Waals surface area contributed by atoms with Crippen LogP contribution >= 0.6 is 0 Å². The number of amides is 1. The molecule has 1 aromatic rings. The van der Waals surface area contributed by atoms with Crippen LogP contribution in [-0.2, 0) is 0 Å². The molecule has 4 nitrogen and oxygen atoms in total. The van der Waals surface area contributed by atoms with Gasteiger partial charge >= 0.3 is 0 Å². The summed E-state index contributed by atoms with van der Waals surface area (Å²) in [5.41, 5.74) is 0.895. The fraction of sp³-hybridized carbons (Fsp3) is 0.650. The quantitative estimate of drug-likeness (QED) is 0.889. The van der Waals surface area contributed by atoms with E-state index >= 15 is 0 Å². The highest BCUT2D eigenvalue weighted by Gasteiger charge is 2.46. The van der Waals surface area contributed by atoms with Crippen LogP contribution in [0.3, 0.4) is 0 Å². The van der Waals surface area contributed by atoms with Gasteiger partial charge in [-0.2, -0.15) is 0 Å². The van der Waals surface area contributed by atoms with Gasteiger partial charge in [-0.3, -0.25) is 4.79 Å². The Morgan fingerprint density at radius 3 is 2.33 bits per heavy atom. The molecule has 130 valence electrons. The van der Waals surface area contributed by atoms with Crippen molar-refractivity contribution in [2.45, 2.75) is 63.8 Å². The summed E-state index contributed by atoms with van der Waals surface area (Å²) in [6.45, 7) is 1.43. The molecular weight excluding hydrogens is 302 g/mol. The minimum absolute atomic E-state index is 0.0114. The summed E-state index contributed by atoms with van der Waals surface area (Å²) in [6, 6.07) is 5.88. The molecule has 0 radical (unpaired) electrons. The normalized spacial score (nSPS) is 23.0. The van der Waals surface area contributed by atoms with Crippen LogP contribution in [0, 0.1) is 5.41 Å². The highest BCUT2D eigenvalue weighted by atomic mass is 16.5. The molecule has 4 heteroatoms. The first-order chi connectivity index (χ1) is 11.7. The van der Waals surface area contributed by atoms with Crippen LogP contribution in [0.1, 0.15) is 68.1 Å².